The number of hydrogen-bond acceptors (Lipinski definition) is 1. The van der Waals surface area contributed by atoms with Crippen LogP contribution in [0, 0.1) is 0 Å². The number of nitrogens with one attached hydrogen (secondary N) is 1. The molecule has 0 bridgehead atoms. The Bertz CT molecular complexity index is 71.3. The van der Waals surface area contributed by atoms with Gasteiger partial charge in [-0.1, -0.05) is 13.0 Å². The van der Waals surface area contributed by atoms with Gasteiger partial charge in [-0.05, 0) is 25.9 Å². The van der Waals surface area contributed by atoms with E-state index in [1.54, 1.807) is 0 Å². The molecule has 0 aliphatic rings. The van der Waals surface area contributed by atoms with E-state index in [-0.39, 0.29) is 0 Å². The van der Waals surface area contributed by atoms with Gasteiger partial charge in [0.1, 0.15) is 0 Å². The molecule has 0 saturated heterocycles. The summed E-state index contributed by atoms with van der Waals surface area (Å²) in [4.78, 5) is 0. The van der Waals surface area contributed by atoms with Gasteiger partial charge in [-0.15, -0.1) is 5.70 Å². The molecule has 1 nitrogen and oxygen atoms in total. The maximum atomic E-state index is 3.33. The standard InChI is InChI=1S/C7H17NSi/c1-2-5-8-6-3-4-7-9/h4,7-8H,2-3,5-6H2,1,9H3. The lowest BCUT2D eigenvalue weighted by Gasteiger charge is -1.96. The molecule has 54 valence electrons. The van der Waals surface area contributed by atoms with Gasteiger partial charge >= 0.3 is 0 Å². The van der Waals surface area contributed by atoms with Crippen LogP contribution in [0.2, 0.25) is 0 Å². The molecule has 0 aromatic heterocycles. The zero-order valence-electron chi connectivity index (χ0n) is 6.48. The van der Waals surface area contributed by atoms with Crippen LogP contribution in [0.3, 0.4) is 0 Å². The molecule has 0 saturated carbocycles. The smallest absolute Gasteiger partial charge is 0.0287 e. The summed E-state index contributed by atoms with van der Waals surface area (Å²) in [6, 6.07) is 0. The molecule has 0 unspecified atom stereocenters. The van der Waals surface area contributed by atoms with Crippen LogP contribution in [0.15, 0.2) is 11.8 Å². The van der Waals surface area contributed by atoms with Gasteiger partial charge in [0, 0.05) is 10.2 Å². The van der Waals surface area contributed by atoms with Crippen molar-refractivity contribution in [1.82, 2.24) is 5.32 Å². The first-order valence-electron chi connectivity index (χ1n) is 3.73. The monoisotopic (exact) mass is 143 g/mol. The third-order valence-electron chi connectivity index (χ3n) is 1.15. The normalized spacial score (nSPS) is 11.2. The summed E-state index contributed by atoms with van der Waals surface area (Å²) in [5.74, 6) is 0. The Kier molecular flexibility index (Phi) is 7.84. The van der Waals surface area contributed by atoms with Crippen LogP contribution in [0.5, 0.6) is 0 Å². The minimum atomic E-state index is 1.15. The molecule has 9 heavy (non-hydrogen) atoms. The van der Waals surface area contributed by atoms with Gasteiger partial charge in [0.25, 0.3) is 0 Å². The third kappa shape index (κ3) is 7.92. The van der Waals surface area contributed by atoms with Crippen LogP contribution in [0.4, 0.5) is 0 Å². The molecule has 0 aliphatic carbocycles. The van der Waals surface area contributed by atoms with E-state index in [1.807, 2.05) is 0 Å². The molecule has 0 atom stereocenters. The lowest BCUT2D eigenvalue weighted by molar-refractivity contribution is 0.678. The van der Waals surface area contributed by atoms with E-state index < -0.39 is 0 Å². The average Bonchev–Trinajstić information content (AvgIpc) is 1.89. The van der Waals surface area contributed by atoms with Crippen molar-refractivity contribution < 1.29 is 0 Å². The van der Waals surface area contributed by atoms with Gasteiger partial charge < -0.3 is 5.32 Å². The van der Waals surface area contributed by atoms with E-state index in [4.69, 9.17) is 0 Å². The Morgan fingerprint density at radius 2 is 2.22 bits per heavy atom. The summed E-state index contributed by atoms with van der Waals surface area (Å²) >= 11 is 0. The van der Waals surface area contributed by atoms with Gasteiger partial charge in [-0.2, -0.15) is 0 Å². The Morgan fingerprint density at radius 1 is 1.44 bits per heavy atom. The largest absolute Gasteiger partial charge is 0.316 e. The van der Waals surface area contributed by atoms with Crippen molar-refractivity contribution >= 4 is 10.2 Å². The molecule has 0 fully saturated rings. The van der Waals surface area contributed by atoms with Crippen molar-refractivity contribution in [3.05, 3.63) is 11.8 Å². The summed E-state index contributed by atoms with van der Waals surface area (Å²) in [5.41, 5.74) is 2.23. The van der Waals surface area contributed by atoms with E-state index in [0.717, 1.165) is 13.1 Å². The molecule has 0 heterocycles. The predicted molar refractivity (Wildman–Crippen MR) is 46.9 cm³/mol. The molecule has 0 aromatic carbocycles. The van der Waals surface area contributed by atoms with Gasteiger partial charge in [-0.25, -0.2) is 0 Å². The molecule has 0 amide bonds. The van der Waals surface area contributed by atoms with E-state index in [2.05, 4.69) is 24.0 Å². The van der Waals surface area contributed by atoms with E-state index in [1.165, 1.54) is 23.1 Å². The van der Waals surface area contributed by atoms with E-state index in [9.17, 15) is 0 Å². The predicted octanol–water partition coefficient (Wildman–Crippen LogP) is 0.255. The lowest BCUT2D eigenvalue weighted by atomic mass is 10.4. The molecule has 0 aromatic rings. The van der Waals surface area contributed by atoms with E-state index in [0.29, 0.717) is 0 Å². The molecular weight excluding hydrogens is 126 g/mol. The Labute approximate surface area is 61.0 Å². The lowest BCUT2D eigenvalue weighted by Crippen LogP contribution is -2.14. The van der Waals surface area contributed by atoms with Crippen molar-refractivity contribution in [2.24, 2.45) is 0 Å². The van der Waals surface area contributed by atoms with Crippen molar-refractivity contribution in [3.8, 4) is 0 Å². The molecule has 0 radical (unpaired) electrons. The number of rotatable bonds is 5. The van der Waals surface area contributed by atoms with Gasteiger partial charge in [0.05, 0.1) is 0 Å². The summed E-state index contributed by atoms with van der Waals surface area (Å²) < 4.78 is 0. The topological polar surface area (TPSA) is 12.0 Å². The van der Waals surface area contributed by atoms with Crippen LogP contribution in [0.25, 0.3) is 0 Å². The zero-order valence-corrected chi connectivity index (χ0v) is 8.48. The van der Waals surface area contributed by atoms with Crippen LogP contribution in [-0.4, -0.2) is 23.3 Å². The van der Waals surface area contributed by atoms with Crippen molar-refractivity contribution in [2.45, 2.75) is 19.8 Å². The molecule has 2 heteroatoms. The van der Waals surface area contributed by atoms with Gasteiger partial charge in [0.15, 0.2) is 0 Å². The van der Waals surface area contributed by atoms with Crippen molar-refractivity contribution in [2.75, 3.05) is 13.1 Å². The summed E-state index contributed by atoms with van der Waals surface area (Å²) in [7, 11) is 1.20. The van der Waals surface area contributed by atoms with Crippen LogP contribution in [0.1, 0.15) is 19.8 Å². The fraction of sp³-hybridized carbons (Fsp3) is 0.714. The van der Waals surface area contributed by atoms with Crippen molar-refractivity contribution in [1.29, 1.82) is 0 Å². The first-order valence-corrected chi connectivity index (χ1v) is 4.89. The third-order valence-corrected chi connectivity index (χ3v) is 1.62. The first-order chi connectivity index (χ1) is 4.41. The summed E-state index contributed by atoms with van der Waals surface area (Å²) in [5, 5.41) is 3.33. The Balaban J connectivity index is 2.75. The Morgan fingerprint density at radius 3 is 2.78 bits per heavy atom. The SMILES string of the molecule is CCCNCCC=C[SiH3]. The van der Waals surface area contributed by atoms with Gasteiger partial charge in [0.2, 0.25) is 0 Å². The molecule has 0 spiro atoms. The molecule has 1 N–H and O–H groups in total. The summed E-state index contributed by atoms with van der Waals surface area (Å²) in [6.45, 7) is 4.50. The Hall–Kier alpha value is -0.0831. The highest BCUT2D eigenvalue weighted by molar-refractivity contribution is 6.16. The molecule has 0 rings (SSSR count). The molecule has 0 aliphatic heterocycles. The second-order valence-corrected chi connectivity index (χ2v) is 2.77. The maximum Gasteiger partial charge on any atom is 0.0287 e. The second kappa shape index (κ2) is 7.92. The van der Waals surface area contributed by atoms with Crippen LogP contribution >= 0.6 is 0 Å². The second-order valence-electron chi connectivity index (χ2n) is 2.11. The zero-order chi connectivity index (χ0) is 6.95. The minimum Gasteiger partial charge on any atom is -0.316 e. The highest BCUT2D eigenvalue weighted by Crippen LogP contribution is 1.77. The average molecular weight is 143 g/mol. The van der Waals surface area contributed by atoms with Crippen LogP contribution < -0.4 is 5.32 Å². The highest BCUT2D eigenvalue weighted by atomic mass is 28.1. The highest BCUT2D eigenvalue weighted by Gasteiger charge is 1.79. The number of hydrogen-bond donors (Lipinski definition) is 1. The maximum absolute atomic E-state index is 3.33. The summed E-state index contributed by atoms with van der Waals surface area (Å²) in [6.07, 6.45) is 4.68. The fourth-order valence-corrected chi connectivity index (χ4v) is 0.987. The minimum absolute atomic E-state index is 1.15. The fourth-order valence-electron chi connectivity index (χ4n) is 0.654. The van der Waals surface area contributed by atoms with Crippen molar-refractivity contribution in [3.63, 3.8) is 0 Å². The quantitative estimate of drug-likeness (QED) is 0.430. The van der Waals surface area contributed by atoms with Crippen LogP contribution in [-0.2, 0) is 0 Å². The molecular formula is C7H17NSi. The van der Waals surface area contributed by atoms with E-state index >= 15 is 0 Å². The first kappa shape index (κ1) is 8.92. The van der Waals surface area contributed by atoms with Gasteiger partial charge in [-0.3, -0.25) is 0 Å².